The van der Waals surface area contributed by atoms with E-state index in [9.17, 15) is 9.50 Å². The molecule has 0 amide bonds. The molecule has 1 aliphatic heterocycles. The van der Waals surface area contributed by atoms with Gasteiger partial charge in [0.1, 0.15) is 11.4 Å². The van der Waals surface area contributed by atoms with Crippen molar-refractivity contribution in [3.63, 3.8) is 0 Å². The Kier molecular flexibility index (Phi) is 3.50. The summed E-state index contributed by atoms with van der Waals surface area (Å²) in [5.74, 6) is 0.233. The number of benzene rings is 1. The number of hydrogen-bond donors (Lipinski definition) is 2. The van der Waals surface area contributed by atoms with Gasteiger partial charge in [-0.1, -0.05) is 25.1 Å². The molecule has 2 rings (SSSR count). The molecule has 0 bridgehead atoms. The molecular weight excluding hydrogens is 217 g/mol. The van der Waals surface area contributed by atoms with Gasteiger partial charge in [-0.05, 0) is 38.3 Å². The third-order valence-electron chi connectivity index (χ3n) is 3.76. The van der Waals surface area contributed by atoms with Gasteiger partial charge in [0, 0.05) is 11.6 Å². The largest absolute Gasteiger partial charge is 0.384 e. The van der Waals surface area contributed by atoms with E-state index in [2.05, 4.69) is 12.2 Å². The lowest BCUT2D eigenvalue weighted by molar-refractivity contribution is -0.00430. The Morgan fingerprint density at radius 3 is 2.76 bits per heavy atom. The summed E-state index contributed by atoms with van der Waals surface area (Å²) >= 11 is 0. The van der Waals surface area contributed by atoms with Crippen molar-refractivity contribution in [3.8, 4) is 0 Å². The Labute approximate surface area is 102 Å². The first-order valence-electron chi connectivity index (χ1n) is 6.22. The van der Waals surface area contributed by atoms with Crippen LogP contribution >= 0.6 is 0 Å². The Hall–Kier alpha value is -0.930. The molecule has 1 saturated heterocycles. The van der Waals surface area contributed by atoms with E-state index in [1.807, 2.05) is 0 Å². The zero-order valence-corrected chi connectivity index (χ0v) is 10.4. The summed E-state index contributed by atoms with van der Waals surface area (Å²) in [7, 11) is 0. The highest BCUT2D eigenvalue weighted by atomic mass is 19.1. The van der Waals surface area contributed by atoms with Gasteiger partial charge in [0.05, 0.1) is 0 Å². The van der Waals surface area contributed by atoms with E-state index in [-0.39, 0.29) is 11.9 Å². The molecule has 1 fully saturated rings. The molecule has 0 aromatic heterocycles. The maximum atomic E-state index is 13.7. The third kappa shape index (κ3) is 2.50. The van der Waals surface area contributed by atoms with E-state index in [1.165, 1.54) is 6.07 Å². The summed E-state index contributed by atoms with van der Waals surface area (Å²) in [6.07, 6.45) is 1.99. The fourth-order valence-corrected chi connectivity index (χ4v) is 2.60. The zero-order valence-electron chi connectivity index (χ0n) is 10.4. The van der Waals surface area contributed by atoms with Crippen molar-refractivity contribution >= 4 is 0 Å². The van der Waals surface area contributed by atoms with Crippen molar-refractivity contribution in [2.75, 3.05) is 6.54 Å². The third-order valence-corrected chi connectivity index (χ3v) is 3.76. The topological polar surface area (TPSA) is 32.3 Å². The van der Waals surface area contributed by atoms with Crippen LogP contribution in [0.3, 0.4) is 0 Å². The van der Waals surface area contributed by atoms with Crippen molar-refractivity contribution in [2.45, 2.75) is 38.3 Å². The van der Waals surface area contributed by atoms with E-state index in [4.69, 9.17) is 0 Å². The van der Waals surface area contributed by atoms with Crippen LogP contribution in [-0.2, 0) is 5.60 Å². The molecule has 0 aliphatic carbocycles. The summed E-state index contributed by atoms with van der Waals surface area (Å²) in [6.45, 7) is 4.75. The predicted molar refractivity (Wildman–Crippen MR) is 66.2 cm³/mol. The molecular formula is C14H20FNO. The highest BCUT2D eigenvalue weighted by Gasteiger charge is 2.37. The minimum Gasteiger partial charge on any atom is -0.384 e. The molecule has 1 aromatic rings. The number of rotatable bonds is 2. The minimum atomic E-state index is -1.15. The Morgan fingerprint density at radius 2 is 2.12 bits per heavy atom. The van der Waals surface area contributed by atoms with Crippen molar-refractivity contribution in [1.82, 2.24) is 5.32 Å². The fraction of sp³-hybridized carbons (Fsp3) is 0.571. The molecule has 1 aliphatic rings. The van der Waals surface area contributed by atoms with Gasteiger partial charge in [-0.3, -0.25) is 0 Å². The van der Waals surface area contributed by atoms with Crippen LogP contribution in [0.1, 0.15) is 32.3 Å². The van der Waals surface area contributed by atoms with E-state index in [0.29, 0.717) is 11.5 Å². The van der Waals surface area contributed by atoms with Crippen molar-refractivity contribution < 1.29 is 9.50 Å². The first-order valence-corrected chi connectivity index (χ1v) is 6.22. The van der Waals surface area contributed by atoms with Crippen LogP contribution in [0.5, 0.6) is 0 Å². The molecule has 0 spiro atoms. The number of aliphatic hydroxyl groups is 1. The molecule has 1 heterocycles. The van der Waals surface area contributed by atoms with Gasteiger partial charge in [-0.2, -0.15) is 0 Å². The number of nitrogens with one attached hydrogen (secondary N) is 1. The average Bonchev–Trinajstić information content (AvgIpc) is 2.29. The van der Waals surface area contributed by atoms with Gasteiger partial charge in [0.25, 0.3) is 0 Å². The summed E-state index contributed by atoms with van der Waals surface area (Å²) in [6, 6.07) is 6.39. The monoisotopic (exact) mass is 237 g/mol. The molecule has 3 unspecified atom stereocenters. The summed E-state index contributed by atoms with van der Waals surface area (Å²) in [5, 5.41) is 13.9. The first-order chi connectivity index (χ1) is 8.01. The van der Waals surface area contributed by atoms with Gasteiger partial charge in [0.2, 0.25) is 0 Å². The average molecular weight is 237 g/mol. The Morgan fingerprint density at radius 1 is 1.41 bits per heavy atom. The molecule has 3 heteroatoms. The van der Waals surface area contributed by atoms with Crippen LogP contribution in [0.4, 0.5) is 4.39 Å². The lowest BCUT2D eigenvalue weighted by atomic mass is 9.80. The normalized spacial score (nSPS) is 28.7. The smallest absolute Gasteiger partial charge is 0.129 e. The second kappa shape index (κ2) is 4.75. The second-order valence-corrected chi connectivity index (χ2v) is 5.26. The maximum Gasteiger partial charge on any atom is 0.129 e. The van der Waals surface area contributed by atoms with Crippen molar-refractivity contribution in [1.29, 1.82) is 0 Å². The van der Waals surface area contributed by atoms with Crippen LogP contribution in [0.15, 0.2) is 24.3 Å². The van der Waals surface area contributed by atoms with Crippen LogP contribution in [0, 0.1) is 11.7 Å². The lowest BCUT2D eigenvalue weighted by Crippen LogP contribution is -2.51. The fourth-order valence-electron chi connectivity index (χ4n) is 2.60. The van der Waals surface area contributed by atoms with E-state index >= 15 is 0 Å². The SMILES string of the molecule is CC1CCNC(C(C)(O)c2ccccc2F)C1. The molecule has 0 saturated carbocycles. The van der Waals surface area contributed by atoms with Crippen molar-refractivity contribution in [2.24, 2.45) is 5.92 Å². The molecule has 94 valence electrons. The van der Waals surface area contributed by atoms with E-state index < -0.39 is 5.60 Å². The number of hydrogen-bond acceptors (Lipinski definition) is 2. The van der Waals surface area contributed by atoms with Gasteiger partial charge in [-0.15, -0.1) is 0 Å². The lowest BCUT2D eigenvalue weighted by Gasteiger charge is -2.39. The molecule has 3 atom stereocenters. The Balaban J connectivity index is 2.26. The number of piperidine rings is 1. The van der Waals surface area contributed by atoms with Gasteiger partial charge < -0.3 is 10.4 Å². The maximum absolute atomic E-state index is 13.7. The zero-order chi connectivity index (χ0) is 12.5. The van der Waals surface area contributed by atoms with E-state index in [0.717, 1.165) is 19.4 Å². The van der Waals surface area contributed by atoms with Crippen molar-refractivity contribution in [3.05, 3.63) is 35.6 Å². The van der Waals surface area contributed by atoms with E-state index in [1.54, 1.807) is 25.1 Å². The van der Waals surface area contributed by atoms with Crippen LogP contribution < -0.4 is 5.32 Å². The summed E-state index contributed by atoms with van der Waals surface area (Å²) in [4.78, 5) is 0. The number of halogens is 1. The van der Waals surface area contributed by atoms with Crippen LogP contribution in [-0.4, -0.2) is 17.7 Å². The van der Waals surface area contributed by atoms with Crippen LogP contribution in [0.2, 0.25) is 0 Å². The molecule has 17 heavy (non-hydrogen) atoms. The molecule has 2 nitrogen and oxygen atoms in total. The first kappa shape index (κ1) is 12.5. The summed E-state index contributed by atoms with van der Waals surface area (Å²) in [5.41, 5.74) is -0.772. The predicted octanol–water partition coefficient (Wildman–Crippen LogP) is 2.42. The highest BCUT2D eigenvalue weighted by molar-refractivity contribution is 5.25. The summed E-state index contributed by atoms with van der Waals surface area (Å²) < 4.78 is 13.7. The minimum absolute atomic E-state index is 0.0804. The molecule has 2 N–H and O–H groups in total. The van der Waals surface area contributed by atoms with Gasteiger partial charge in [0.15, 0.2) is 0 Å². The standard InChI is InChI=1S/C14H20FNO/c1-10-7-8-16-13(9-10)14(2,17)11-5-3-4-6-12(11)15/h3-6,10,13,16-17H,7-9H2,1-2H3. The Bertz CT molecular complexity index is 392. The highest BCUT2D eigenvalue weighted by Crippen LogP contribution is 2.32. The second-order valence-electron chi connectivity index (χ2n) is 5.26. The molecule has 1 aromatic carbocycles. The van der Waals surface area contributed by atoms with Gasteiger partial charge >= 0.3 is 0 Å². The quantitative estimate of drug-likeness (QED) is 0.828. The molecule has 0 radical (unpaired) electrons. The van der Waals surface area contributed by atoms with Crippen LogP contribution in [0.25, 0.3) is 0 Å². The van der Waals surface area contributed by atoms with Gasteiger partial charge in [-0.25, -0.2) is 4.39 Å².